The maximum atomic E-state index is 11.9. The Balaban J connectivity index is 2.43. The first-order valence-electron chi connectivity index (χ1n) is 6.80. The molecule has 0 bridgehead atoms. The molecule has 1 aliphatic rings. The monoisotopic (exact) mass is 328 g/mol. The summed E-state index contributed by atoms with van der Waals surface area (Å²) < 4.78 is 11.6. The lowest BCUT2D eigenvalue weighted by Crippen LogP contribution is -2.38. The van der Waals surface area contributed by atoms with E-state index in [9.17, 15) is 24.3 Å². The first kappa shape index (κ1) is 16.9. The van der Waals surface area contributed by atoms with Gasteiger partial charge in [-0.15, -0.1) is 0 Å². The summed E-state index contributed by atoms with van der Waals surface area (Å²) >= 11 is 0. The van der Waals surface area contributed by atoms with E-state index in [0.717, 1.165) is 23.8 Å². The molecule has 1 aromatic heterocycles. The van der Waals surface area contributed by atoms with Gasteiger partial charge in [-0.3, -0.25) is 23.9 Å². The van der Waals surface area contributed by atoms with E-state index < -0.39 is 60.6 Å². The zero-order valence-electron chi connectivity index (χ0n) is 12.2. The number of nitrogens with zero attached hydrogens (tertiary/aromatic N) is 1. The van der Waals surface area contributed by atoms with Crippen molar-refractivity contribution in [3.8, 4) is 0 Å². The average Bonchev–Trinajstić information content (AvgIpc) is 2.76. The quantitative estimate of drug-likeness (QED) is 0.550. The lowest BCUT2D eigenvalue weighted by atomic mass is 9.94. The number of aliphatic hydroxyl groups excluding tert-OH is 1. The first-order chi connectivity index (χ1) is 10.8. The number of hydrogen-bond donors (Lipinski definition) is 3. The second-order valence-electron chi connectivity index (χ2n) is 5.10. The van der Waals surface area contributed by atoms with Crippen molar-refractivity contribution in [2.45, 2.75) is 31.8 Å². The number of carbonyl (C=O) groups is 2. The van der Waals surface area contributed by atoms with Gasteiger partial charge < -0.3 is 19.7 Å². The minimum absolute atomic E-state index is 0.419. The molecule has 0 amide bonds. The van der Waals surface area contributed by atoms with Crippen LogP contribution in [0.5, 0.6) is 0 Å². The minimum Gasteiger partial charge on any atom is -0.481 e. The largest absolute Gasteiger partial charge is 0.481 e. The Morgan fingerprint density at radius 2 is 2.13 bits per heavy atom. The van der Waals surface area contributed by atoms with Gasteiger partial charge in [0.1, 0.15) is 0 Å². The number of aromatic nitrogens is 2. The molecule has 10 heteroatoms. The summed E-state index contributed by atoms with van der Waals surface area (Å²) in [6.07, 6.45) is -2.44. The van der Waals surface area contributed by atoms with Crippen molar-refractivity contribution >= 4 is 11.9 Å². The normalized spacial score (nSPS) is 26.9. The number of aliphatic hydroxyl groups is 1. The van der Waals surface area contributed by atoms with Gasteiger partial charge in [0.25, 0.3) is 5.56 Å². The Hall–Kier alpha value is -2.46. The van der Waals surface area contributed by atoms with Crippen molar-refractivity contribution in [1.82, 2.24) is 9.55 Å². The molecule has 0 saturated carbocycles. The number of rotatable bonds is 5. The summed E-state index contributed by atoms with van der Waals surface area (Å²) in [6, 6.07) is 1.08. The van der Waals surface area contributed by atoms with Gasteiger partial charge in [-0.1, -0.05) is 0 Å². The van der Waals surface area contributed by atoms with Gasteiger partial charge in [0.15, 0.2) is 12.3 Å². The Morgan fingerprint density at radius 1 is 1.43 bits per heavy atom. The molecule has 1 saturated heterocycles. The highest BCUT2D eigenvalue weighted by atomic mass is 16.6. The lowest BCUT2D eigenvalue weighted by Gasteiger charge is -2.23. The molecule has 4 unspecified atom stereocenters. The Kier molecular flexibility index (Phi) is 4.96. The summed E-state index contributed by atoms with van der Waals surface area (Å²) in [5.41, 5.74) is -1.42. The smallest absolute Gasteiger partial charge is 0.330 e. The van der Waals surface area contributed by atoms with Crippen LogP contribution in [0, 0.1) is 5.92 Å². The third-order valence-electron chi connectivity index (χ3n) is 3.51. The number of aliphatic carboxylic acids is 1. The third-order valence-corrected chi connectivity index (χ3v) is 3.51. The van der Waals surface area contributed by atoms with Gasteiger partial charge in [-0.2, -0.15) is 0 Å². The van der Waals surface area contributed by atoms with E-state index in [-0.39, 0.29) is 0 Å². The van der Waals surface area contributed by atoms with Gasteiger partial charge in [-0.05, 0) is 0 Å². The Labute approximate surface area is 129 Å². The van der Waals surface area contributed by atoms with Crippen LogP contribution < -0.4 is 11.2 Å². The molecule has 0 radical (unpaired) electrons. The summed E-state index contributed by atoms with van der Waals surface area (Å²) in [6.45, 7) is 0.626. The predicted octanol–water partition coefficient (Wildman–Crippen LogP) is -1.55. The number of ether oxygens (including phenoxy) is 2. The first-order valence-corrected chi connectivity index (χ1v) is 6.80. The minimum atomic E-state index is -1.16. The van der Waals surface area contributed by atoms with E-state index in [0.29, 0.717) is 0 Å². The second kappa shape index (κ2) is 6.75. The van der Waals surface area contributed by atoms with Crippen LogP contribution >= 0.6 is 0 Å². The van der Waals surface area contributed by atoms with Gasteiger partial charge in [-0.25, -0.2) is 4.79 Å². The third kappa shape index (κ3) is 3.66. The van der Waals surface area contributed by atoms with Crippen LogP contribution in [0.15, 0.2) is 21.9 Å². The number of hydrogen-bond acceptors (Lipinski definition) is 7. The van der Waals surface area contributed by atoms with Crippen molar-refractivity contribution in [2.24, 2.45) is 5.92 Å². The summed E-state index contributed by atoms with van der Waals surface area (Å²) in [4.78, 5) is 47.4. The van der Waals surface area contributed by atoms with Crippen molar-refractivity contribution in [3.63, 3.8) is 0 Å². The number of esters is 1. The molecule has 0 spiro atoms. The fraction of sp³-hybridized carbons (Fsp3) is 0.538. The van der Waals surface area contributed by atoms with Crippen LogP contribution in [0.25, 0.3) is 0 Å². The highest BCUT2D eigenvalue weighted by Crippen LogP contribution is 2.37. The number of nitrogens with one attached hydrogen (secondary N) is 1. The highest BCUT2D eigenvalue weighted by Gasteiger charge is 2.48. The number of H-pyrrole nitrogens is 1. The number of carboxylic acids is 1. The SMILES string of the molecule is CC(=O)OC1C(CC(=O)O)C(CO)OC1n1ccc(=O)[nH]c1=O. The molecule has 1 aromatic rings. The van der Waals surface area contributed by atoms with E-state index in [1.807, 2.05) is 4.98 Å². The zero-order chi connectivity index (χ0) is 17.1. The van der Waals surface area contributed by atoms with Crippen molar-refractivity contribution in [1.29, 1.82) is 0 Å². The van der Waals surface area contributed by atoms with E-state index in [1.165, 1.54) is 0 Å². The molecule has 1 fully saturated rings. The Bertz CT molecular complexity index is 708. The van der Waals surface area contributed by atoms with Crippen LogP contribution in [0.3, 0.4) is 0 Å². The molecule has 126 valence electrons. The average molecular weight is 328 g/mol. The van der Waals surface area contributed by atoms with Crippen LogP contribution in [0.4, 0.5) is 0 Å². The standard InChI is InChI=1S/C13H16N2O8/c1-6(17)22-11-7(4-10(19)20)8(5-16)23-12(11)15-3-2-9(18)14-13(15)21/h2-3,7-8,11-12,16H,4-5H2,1H3,(H,19,20)(H,14,18,21). The van der Waals surface area contributed by atoms with E-state index in [2.05, 4.69) is 0 Å². The highest BCUT2D eigenvalue weighted by molar-refractivity contribution is 5.68. The maximum Gasteiger partial charge on any atom is 0.330 e. The molecule has 1 aliphatic heterocycles. The van der Waals surface area contributed by atoms with E-state index >= 15 is 0 Å². The molecule has 0 aromatic carbocycles. The molecular formula is C13H16N2O8. The fourth-order valence-corrected chi connectivity index (χ4v) is 2.60. The Morgan fingerprint density at radius 3 is 2.65 bits per heavy atom. The van der Waals surface area contributed by atoms with Gasteiger partial charge in [0.2, 0.25) is 0 Å². The molecule has 3 N–H and O–H groups in total. The number of carboxylic acid groups (broad SMARTS) is 1. The van der Waals surface area contributed by atoms with Crippen LogP contribution in [-0.4, -0.2) is 50.5 Å². The summed E-state index contributed by atoms with van der Waals surface area (Å²) in [5, 5.41) is 18.4. The second-order valence-corrected chi connectivity index (χ2v) is 5.10. The van der Waals surface area contributed by atoms with Gasteiger partial charge >= 0.3 is 17.6 Å². The van der Waals surface area contributed by atoms with Gasteiger partial charge in [0, 0.05) is 25.1 Å². The van der Waals surface area contributed by atoms with Crippen molar-refractivity contribution in [3.05, 3.63) is 33.1 Å². The number of carbonyl (C=O) groups excluding carboxylic acids is 1. The van der Waals surface area contributed by atoms with Crippen molar-refractivity contribution in [2.75, 3.05) is 6.61 Å². The molecule has 0 aliphatic carbocycles. The molecule has 4 atom stereocenters. The molecule has 2 rings (SSSR count). The van der Waals surface area contributed by atoms with E-state index in [1.54, 1.807) is 0 Å². The molecule has 2 heterocycles. The topological polar surface area (TPSA) is 148 Å². The molecule has 10 nitrogen and oxygen atoms in total. The van der Waals surface area contributed by atoms with E-state index in [4.69, 9.17) is 14.6 Å². The summed E-state index contributed by atoms with van der Waals surface area (Å²) in [5.74, 6) is -2.69. The van der Waals surface area contributed by atoms with Crippen LogP contribution in [-0.2, 0) is 19.1 Å². The summed E-state index contributed by atoms with van der Waals surface area (Å²) in [7, 11) is 0. The molecule has 23 heavy (non-hydrogen) atoms. The zero-order valence-corrected chi connectivity index (χ0v) is 12.2. The predicted molar refractivity (Wildman–Crippen MR) is 73.6 cm³/mol. The van der Waals surface area contributed by atoms with Crippen molar-refractivity contribution < 1.29 is 29.3 Å². The maximum absolute atomic E-state index is 11.9. The van der Waals surface area contributed by atoms with Crippen LogP contribution in [0.2, 0.25) is 0 Å². The lowest BCUT2D eigenvalue weighted by molar-refractivity contribution is -0.155. The van der Waals surface area contributed by atoms with Gasteiger partial charge in [0.05, 0.1) is 19.1 Å². The number of aromatic amines is 1. The fourth-order valence-electron chi connectivity index (χ4n) is 2.60. The van der Waals surface area contributed by atoms with Crippen LogP contribution in [0.1, 0.15) is 19.6 Å². The molecular weight excluding hydrogens is 312 g/mol.